The second kappa shape index (κ2) is 3.85. The molecule has 0 fully saturated rings. The van der Waals surface area contributed by atoms with Crippen LogP contribution in [0.3, 0.4) is 0 Å². The predicted octanol–water partition coefficient (Wildman–Crippen LogP) is 3.16. The first-order valence-electron chi connectivity index (χ1n) is 4.97. The molecule has 1 heterocycles. The first kappa shape index (κ1) is 10.5. The lowest BCUT2D eigenvalue weighted by Crippen LogP contribution is -2.10. The fraction of sp³-hybridized carbons (Fsp3) is 0.364. The summed E-state index contributed by atoms with van der Waals surface area (Å²) in [7, 11) is 1.96. The average molecular weight is 268 g/mol. The number of anilines is 1. The van der Waals surface area contributed by atoms with Crippen molar-refractivity contribution in [2.45, 2.75) is 19.9 Å². The van der Waals surface area contributed by atoms with Crippen LogP contribution in [0.25, 0.3) is 10.9 Å². The zero-order chi connectivity index (χ0) is 11.0. The van der Waals surface area contributed by atoms with Crippen molar-refractivity contribution in [2.24, 2.45) is 7.05 Å². The highest BCUT2D eigenvalue weighted by atomic mass is 79.9. The highest BCUT2D eigenvalue weighted by Gasteiger charge is 2.10. The van der Waals surface area contributed by atoms with Gasteiger partial charge in [-0.05, 0) is 41.9 Å². The van der Waals surface area contributed by atoms with E-state index in [4.69, 9.17) is 0 Å². The van der Waals surface area contributed by atoms with Gasteiger partial charge in [0.15, 0.2) is 5.82 Å². The minimum absolute atomic E-state index is 0.391. The lowest BCUT2D eigenvalue weighted by molar-refractivity contribution is 0.785. The van der Waals surface area contributed by atoms with E-state index in [1.807, 2.05) is 23.9 Å². The van der Waals surface area contributed by atoms with E-state index in [1.165, 1.54) is 0 Å². The van der Waals surface area contributed by atoms with Crippen LogP contribution in [-0.4, -0.2) is 15.8 Å². The van der Waals surface area contributed by atoms with Crippen molar-refractivity contribution in [3.63, 3.8) is 0 Å². The molecular formula is C11H14BrN3. The predicted molar refractivity (Wildman–Crippen MR) is 67.2 cm³/mol. The van der Waals surface area contributed by atoms with Crippen LogP contribution in [0.4, 0.5) is 5.82 Å². The monoisotopic (exact) mass is 267 g/mol. The number of nitrogens with zero attached hydrogens (tertiary/aromatic N) is 2. The fourth-order valence-corrected chi connectivity index (χ4v) is 2.29. The SMILES string of the molecule is CC(C)Nc1nn(C)c2c(Br)cccc12. The van der Waals surface area contributed by atoms with Crippen LogP contribution in [0.2, 0.25) is 0 Å². The number of para-hydroxylation sites is 1. The minimum Gasteiger partial charge on any atom is -0.366 e. The Morgan fingerprint density at radius 3 is 2.80 bits per heavy atom. The maximum atomic E-state index is 4.47. The molecule has 0 spiro atoms. The van der Waals surface area contributed by atoms with Crippen molar-refractivity contribution in [1.29, 1.82) is 0 Å². The van der Waals surface area contributed by atoms with Crippen LogP contribution in [-0.2, 0) is 7.05 Å². The smallest absolute Gasteiger partial charge is 0.156 e. The van der Waals surface area contributed by atoms with Crippen molar-refractivity contribution in [1.82, 2.24) is 9.78 Å². The summed E-state index contributed by atoms with van der Waals surface area (Å²) in [5.41, 5.74) is 1.13. The topological polar surface area (TPSA) is 29.9 Å². The van der Waals surface area contributed by atoms with Crippen LogP contribution in [0.15, 0.2) is 22.7 Å². The molecular weight excluding hydrogens is 254 g/mol. The number of hydrogen-bond acceptors (Lipinski definition) is 2. The van der Waals surface area contributed by atoms with E-state index >= 15 is 0 Å². The van der Waals surface area contributed by atoms with Gasteiger partial charge in [-0.2, -0.15) is 5.10 Å². The summed E-state index contributed by atoms with van der Waals surface area (Å²) in [4.78, 5) is 0. The van der Waals surface area contributed by atoms with Crippen LogP contribution in [0.5, 0.6) is 0 Å². The largest absolute Gasteiger partial charge is 0.366 e. The molecule has 2 rings (SSSR count). The zero-order valence-corrected chi connectivity index (χ0v) is 10.7. The Morgan fingerprint density at radius 2 is 2.13 bits per heavy atom. The van der Waals surface area contributed by atoms with Gasteiger partial charge in [0, 0.05) is 22.9 Å². The van der Waals surface area contributed by atoms with Gasteiger partial charge in [-0.3, -0.25) is 4.68 Å². The summed E-state index contributed by atoms with van der Waals surface area (Å²) in [5, 5.41) is 8.96. The van der Waals surface area contributed by atoms with E-state index in [0.717, 1.165) is 21.2 Å². The Hall–Kier alpha value is -1.03. The Balaban J connectivity index is 2.63. The Bertz CT molecular complexity index is 488. The maximum Gasteiger partial charge on any atom is 0.156 e. The number of aryl methyl sites for hydroxylation is 1. The van der Waals surface area contributed by atoms with Crippen LogP contribution < -0.4 is 5.32 Å². The molecule has 2 aromatic rings. The van der Waals surface area contributed by atoms with E-state index in [-0.39, 0.29) is 0 Å². The van der Waals surface area contributed by atoms with Crippen LogP contribution >= 0.6 is 15.9 Å². The highest BCUT2D eigenvalue weighted by molar-refractivity contribution is 9.10. The summed E-state index contributed by atoms with van der Waals surface area (Å²) < 4.78 is 2.97. The fourth-order valence-electron chi connectivity index (χ4n) is 1.67. The molecule has 0 amide bonds. The zero-order valence-electron chi connectivity index (χ0n) is 9.08. The van der Waals surface area contributed by atoms with Gasteiger partial charge in [0.25, 0.3) is 0 Å². The molecule has 1 aromatic carbocycles. The molecule has 3 nitrogen and oxygen atoms in total. The standard InChI is InChI=1S/C11H14BrN3/c1-7(2)13-11-8-5-4-6-9(12)10(8)15(3)14-11/h4-7H,1-3H3,(H,13,14). The number of hydrogen-bond donors (Lipinski definition) is 1. The molecule has 0 aliphatic carbocycles. The number of nitrogens with one attached hydrogen (secondary N) is 1. The second-order valence-corrected chi connectivity index (χ2v) is 4.76. The summed E-state index contributed by atoms with van der Waals surface area (Å²) in [6, 6.07) is 6.53. The van der Waals surface area contributed by atoms with E-state index in [0.29, 0.717) is 6.04 Å². The van der Waals surface area contributed by atoms with Gasteiger partial charge < -0.3 is 5.32 Å². The van der Waals surface area contributed by atoms with Gasteiger partial charge in [-0.25, -0.2) is 0 Å². The van der Waals surface area contributed by atoms with Crippen molar-refractivity contribution in [2.75, 3.05) is 5.32 Å². The van der Waals surface area contributed by atoms with Gasteiger partial charge in [0.05, 0.1) is 5.52 Å². The first-order valence-corrected chi connectivity index (χ1v) is 5.76. The normalized spacial score (nSPS) is 11.3. The lowest BCUT2D eigenvalue weighted by Gasteiger charge is -2.06. The van der Waals surface area contributed by atoms with Crippen molar-refractivity contribution < 1.29 is 0 Å². The molecule has 1 aromatic heterocycles. The molecule has 0 radical (unpaired) electrons. The quantitative estimate of drug-likeness (QED) is 0.906. The average Bonchev–Trinajstić information content (AvgIpc) is 2.44. The van der Waals surface area contributed by atoms with E-state index in [2.05, 4.69) is 46.3 Å². The molecule has 0 saturated carbocycles. The van der Waals surface area contributed by atoms with E-state index < -0.39 is 0 Å². The Morgan fingerprint density at radius 1 is 1.40 bits per heavy atom. The third-order valence-corrected chi connectivity index (χ3v) is 2.88. The first-order chi connectivity index (χ1) is 7.09. The second-order valence-electron chi connectivity index (χ2n) is 3.91. The molecule has 4 heteroatoms. The minimum atomic E-state index is 0.391. The number of rotatable bonds is 2. The molecule has 1 N–H and O–H groups in total. The lowest BCUT2D eigenvalue weighted by atomic mass is 10.2. The summed E-state index contributed by atoms with van der Waals surface area (Å²) in [5.74, 6) is 0.948. The van der Waals surface area contributed by atoms with Gasteiger partial charge in [0.2, 0.25) is 0 Å². The molecule has 0 bridgehead atoms. The number of aromatic nitrogens is 2. The molecule has 0 saturated heterocycles. The van der Waals surface area contributed by atoms with Gasteiger partial charge in [-0.15, -0.1) is 0 Å². The molecule has 0 atom stereocenters. The summed E-state index contributed by atoms with van der Waals surface area (Å²) in [6.45, 7) is 4.22. The third kappa shape index (κ3) is 1.86. The van der Waals surface area contributed by atoms with Crippen LogP contribution in [0.1, 0.15) is 13.8 Å². The third-order valence-electron chi connectivity index (χ3n) is 2.24. The summed E-state index contributed by atoms with van der Waals surface area (Å²) in [6.07, 6.45) is 0. The molecule has 0 aliphatic heterocycles. The summed E-state index contributed by atoms with van der Waals surface area (Å²) >= 11 is 3.54. The van der Waals surface area contributed by atoms with Gasteiger partial charge >= 0.3 is 0 Å². The molecule has 0 unspecified atom stereocenters. The Kier molecular flexibility index (Phi) is 2.69. The number of fused-ring (bicyclic) bond motifs is 1. The maximum absolute atomic E-state index is 4.47. The highest BCUT2D eigenvalue weighted by Crippen LogP contribution is 2.28. The number of halogens is 1. The van der Waals surface area contributed by atoms with Gasteiger partial charge in [0.1, 0.15) is 0 Å². The van der Waals surface area contributed by atoms with Crippen molar-refractivity contribution in [3.8, 4) is 0 Å². The van der Waals surface area contributed by atoms with Crippen molar-refractivity contribution in [3.05, 3.63) is 22.7 Å². The Labute approximate surface area is 97.6 Å². The number of benzene rings is 1. The van der Waals surface area contributed by atoms with E-state index in [1.54, 1.807) is 0 Å². The van der Waals surface area contributed by atoms with E-state index in [9.17, 15) is 0 Å². The van der Waals surface area contributed by atoms with Crippen molar-refractivity contribution >= 4 is 32.7 Å². The van der Waals surface area contributed by atoms with Gasteiger partial charge in [-0.1, -0.05) is 6.07 Å². The molecule has 15 heavy (non-hydrogen) atoms. The molecule has 0 aliphatic rings. The molecule has 80 valence electrons. The van der Waals surface area contributed by atoms with Crippen LogP contribution in [0, 0.1) is 0 Å².